The highest BCUT2D eigenvalue weighted by atomic mass is 16.7. The Bertz CT molecular complexity index is 872. The summed E-state index contributed by atoms with van der Waals surface area (Å²) < 4.78 is 10.9. The van der Waals surface area contributed by atoms with Crippen LogP contribution in [0, 0.1) is 0 Å². The zero-order chi connectivity index (χ0) is 22.1. The summed E-state index contributed by atoms with van der Waals surface area (Å²) in [7, 11) is 0. The number of carbonyl (C=O) groups excluding carboxylic acids is 2. The SMILES string of the molecule is O=C(OC1(OC(=O)c2cc(O)c(O)c(O)c2)CCCCC1)c1cc(O)c(O)c(O)c1. The predicted octanol–water partition coefficient (Wildman–Crippen LogP) is 2.59. The van der Waals surface area contributed by atoms with Crippen molar-refractivity contribution < 1.29 is 49.7 Å². The number of hydrogen-bond acceptors (Lipinski definition) is 10. The van der Waals surface area contributed by atoms with Crippen LogP contribution in [0.3, 0.4) is 0 Å². The average Bonchev–Trinajstić information content (AvgIpc) is 2.69. The van der Waals surface area contributed by atoms with Crippen LogP contribution in [-0.4, -0.2) is 48.4 Å². The molecule has 0 saturated heterocycles. The van der Waals surface area contributed by atoms with Gasteiger partial charge >= 0.3 is 11.9 Å². The summed E-state index contributed by atoms with van der Waals surface area (Å²) in [6.07, 6.45) is 2.34. The first-order valence-corrected chi connectivity index (χ1v) is 9.08. The third-order valence-corrected chi connectivity index (χ3v) is 4.78. The van der Waals surface area contributed by atoms with E-state index in [9.17, 15) is 40.2 Å². The molecular formula is C20H20O10. The van der Waals surface area contributed by atoms with Crippen molar-refractivity contribution in [3.63, 3.8) is 0 Å². The standard InChI is InChI=1S/C20H20O10/c21-12-6-10(7-13(22)16(12)25)18(27)29-20(4-2-1-3-5-20)30-19(28)11-8-14(23)17(26)15(24)9-11/h6-9,21-26H,1-5H2. The molecule has 0 spiro atoms. The fourth-order valence-electron chi connectivity index (χ4n) is 3.22. The van der Waals surface area contributed by atoms with Crippen molar-refractivity contribution in [3.8, 4) is 34.5 Å². The fraction of sp³-hybridized carbons (Fsp3) is 0.300. The molecule has 0 bridgehead atoms. The van der Waals surface area contributed by atoms with Crippen molar-refractivity contribution in [2.75, 3.05) is 0 Å². The van der Waals surface area contributed by atoms with E-state index in [0.29, 0.717) is 12.8 Å². The first-order valence-electron chi connectivity index (χ1n) is 9.08. The maximum Gasteiger partial charge on any atom is 0.341 e. The van der Waals surface area contributed by atoms with E-state index in [2.05, 4.69) is 0 Å². The second-order valence-electron chi connectivity index (χ2n) is 6.98. The zero-order valence-corrected chi connectivity index (χ0v) is 15.7. The minimum Gasteiger partial charge on any atom is -0.504 e. The van der Waals surface area contributed by atoms with Gasteiger partial charge in [0.2, 0.25) is 0 Å². The maximum atomic E-state index is 12.6. The van der Waals surface area contributed by atoms with E-state index in [1.807, 2.05) is 0 Å². The van der Waals surface area contributed by atoms with E-state index in [1.165, 1.54) is 0 Å². The predicted molar refractivity (Wildman–Crippen MR) is 99.5 cm³/mol. The highest BCUT2D eigenvalue weighted by Gasteiger charge is 2.41. The van der Waals surface area contributed by atoms with Crippen molar-refractivity contribution in [2.24, 2.45) is 0 Å². The number of benzene rings is 2. The van der Waals surface area contributed by atoms with Crippen LogP contribution in [0.25, 0.3) is 0 Å². The van der Waals surface area contributed by atoms with Crippen molar-refractivity contribution in [3.05, 3.63) is 35.4 Å². The molecule has 0 unspecified atom stereocenters. The van der Waals surface area contributed by atoms with Crippen LogP contribution in [0.5, 0.6) is 34.5 Å². The normalized spacial score (nSPS) is 15.3. The van der Waals surface area contributed by atoms with Gasteiger partial charge in [0.1, 0.15) is 0 Å². The van der Waals surface area contributed by atoms with Crippen LogP contribution in [0.15, 0.2) is 24.3 Å². The van der Waals surface area contributed by atoms with Crippen molar-refractivity contribution >= 4 is 11.9 Å². The Hall–Kier alpha value is -3.82. The summed E-state index contributed by atoms with van der Waals surface area (Å²) in [6, 6.07) is 3.58. The van der Waals surface area contributed by atoms with Gasteiger partial charge in [0, 0.05) is 12.8 Å². The van der Waals surface area contributed by atoms with Gasteiger partial charge in [-0.3, -0.25) is 0 Å². The monoisotopic (exact) mass is 420 g/mol. The topological polar surface area (TPSA) is 174 Å². The van der Waals surface area contributed by atoms with Crippen LogP contribution >= 0.6 is 0 Å². The number of carbonyl (C=O) groups is 2. The molecule has 6 N–H and O–H groups in total. The Labute approximate surface area is 170 Å². The van der Waals surface area contributed by atoms with E-state index in [-0.39, 0.29) is 24.0 Å². The Morgan fingerprint density at radius 3 is 1.30 bits per heavy atom. The van der Waals surface area contributed by atoms with E-state index < -0.39 is 52.2 Å². The largest absolute Gasteiger partial charge is 0.504 e. The highest BCUT2D eigenvalue weighted by Crippen LogP contribution is 2.39. The molecule has 30 heavy (non-hydrogen) atoms. The van der Waals surface area contributed by atoms with Crippen LogP contribution in [-0.2, 0) is 9.47 Å². The number of phenolic OH excluding ortho intramolecular Hbond substituents is 6. The molecule has 0 aliphatic heterocycles. The van der Waals surface area contributed by atoms with Crippen LogP contribution < -0.4 is 0 Å². The Kier molecular flexibility index (Phi) is 5.50. The molecule has 0 heterocycles. The van der Waals surface area contributed by atoms with Gasteiger partial charge < -0.3 is 40.1 Å². The zero-order valence-electron chi connectivity index (χ0n) is 15.7. The van der Waals surface area contributed by atoms with Gasteiger partial charge in [-0.05, 0) is 37.1 Å². The number of ether oxygens (including phenoxy) is 2. The van der Waals surface area contributed by atoms with Gasteiger partial charge in [-0.2, -0.15) is 0 Å². The lowest BCUT2D eigenvalue weighted by atomic mass is 9.93. The quantitative estimate of drug-likeness (QED) is 0.245. The molecule has 1 aliphatic carbocycles. The first-order chi connectivity index (χ1) is 14.1. The smallest absolute Gasteiger partial charge is 0.341 e. The van der Waals surface area contributed by atoms with Crippen LogP contribution in [0.4, 0.5) is 0 Å². The number of aromatic hydroxyl groups is 6. The Balaban J connectivity index is 1.86. The molecular weight excluding hydrogens is 400 g/mol. The number of hydrogen-bond donors (Lipinski definition) is 6. The lowest BCUT2D eigenvalue weighted by molar-refractivity contribution is -0.186. The Morgan fingerprint density at radius 2 is 0.967 bits per heavy atom. The lowest BCUT2D eigenvalue weighted by Crippen LogP contribution is -2.42. The second kappa shape index (κ2) is 7.90. The van der Waals surface area contributed by atoms with Gasteiger partial charge in [-0.15, -0.1) is 0 Å². The van der Waals surface area contributed by atoms with Gasteiger partial charge in [-0.25, -0.2) is 9.59 Å². The second-order valence-corrected chi connectivity index (χ2v) is 6.98. The molecule has 1 fully saturated rings. The van der Waals surface area contributed by atoms with E-state index in [0.717, 1.165) is 30.7 Å². The molecule has 10 heteroatoms. The third-order valence-electron chi connectivity index (χ3n) is 4.78. The van der Waals surface area contributed by atoms with Crippen molar-refractivity contribution in [2.45, 2.75) is 37.9 Å². The van der Waals surface area contributed by atoms with Crippen LogP contribution in [0.1, 0.15) is 52.8 Å². The van der Waals surface area contributed by atoms with Crippen molar-refractivity contribution in [1.29, 1.82) is 0 Å². The maximum absolute atomic E-state index is 12.6. The van der Waals surface area contributed by atoms with Gasteiger partial charge in [0.15, 0.2) is 34.5 Å². The lowest BCUT2D eigenvalue weighted by Gasteiger charge is -2.35. The Morgan fingerprint density at radius 1 is 0.633 bits per heavy atom. The molecule has 2 aromatic rings. The summed E-state index contributed by atoms with van der Waals surface area (Å²) in [5, 5.41) is 57.2. The molecule has 3 rings (SSSR count). The van der Waals surface area contributed by atoms with E-state index in [1.54, 1.807) is 0 Å². The number of esters is 2. The minimum atomic E-state index is -1.65. The number of rotatable bonds is 4. The summed E-state index contributed by atoms with van der Waals surface area (Å²) in [5.41, 5.74) is -0.549. The summed E-state index contributed by atoms with van der Waals surface area (Å²) in [5.74, 6) is -8.18. The summed E-state index contributed by atoms with van der Waals surface area (Å²) >= 11 is 0. The van der Waals surface area contributed by atoms with Crippen LogP contribution in [0.2, 0.25) is 0 Å². The molecule has 0 radical (unpaired) electrons. The molecule has 0 atom stereocenters. The molecule has 1 saturated carbocycles. The van der Waals surface area contributed by atoms with E-state index in [4.69, 9.17) is 9.47 Å². The molecule has 160 valence electrons. The van der Waals surface area contributed by atoms with Gasteiger partial charge in [0.05, 0.1) is 11.1 Å². The number of phenols is 6. The minimum absolute atomic E-state index is 0.177. The fourth-order valence-corrected chi connectivity index (χ4v) is 3.22. The summed E-state index contributed by atoms with van der Waals surface area (Å²) in [6.45, 7) is 0. The highest BCUT2D eigenvalue weighted by molar-refractivity contribution is 5.93. The molecule has 10 nitrogen and oxygen atoms in total. The average molecular weight is 420 g/mol. The van der Waals surface area contributed by atoms with Gasteiger partial charge in [-0.1, -0.05) is 6.42 Å². The third kappa shape index (κ3) is 4.12. The first kappa shape index (κ1) is 20.9. The van der Waals surface area contributed by atoms with Crippen molar-refractivity contribution in [1.82, 2.24) is 0 Å². The molecule has 0 amide bonds. The van der Waals surface area contributed by atoms with E-state index >= 15 is 0 Å². The molecule has 1 aliphatic rings. The molecule has 2 aromatic carbocycles. The summed E-state index contributed by atoms with van der Waals surface area (Å²) in [4.78, 5) is 25.1. The molecule has 0 aromatic heterocycles. The van der Waals surface area contributed by atoms with Gasteiger partial charge in [0.25, 0.3) is 5.79 Å².